The van der Waals surface area contributed by atoms with E-state index in [1.54, 1.807) is 0 Å². The van der Waals surface area contributed by atoms with Crippen LogP contribution in [0.15, 0.2) is 47.4 Å². The van der Waals surface area contributed by atoms with E-state index < -0.39 is 15.9 Å². The summed E-state index contributed by atoms with van der Waals surface area (Å²) in [5.41, 5.74) is 2.11. The first-order chi connectivity index (χ1) is 14.8. The summed E-state index contributed by atoms with van der Waals surface area (Å²) >= 11 is 7.44. The molecule has 0 spiro atoms. The summed E-state index contributed by atoms with van der Waals surface area (Å²) in [5.74, 6) is -0.535. The van der Waals surface area contributed by atoms with Crippen molar-refractivity contribution in [3.8, 4) is 10.6 Å². The number of aryl methyl sites for hydroxylation is 1. The van der Waals surface area contributed by atoms with E-state index >= 15 is 0 Å². The van der Waals surface area contributed by atoms with Gasteiger partial charge in [0.05, 0.1) is 15.5 Å². The van der Waals surface area contributed by atoms with Crippen LogP contribution in [0.3, 0.4) is 0 Å². The largest absolute Gasteiger partial charge is 0.296 e. The number of nitrogens with one attached hydrogen (secondary N) is 1. The van der Waals surface area contributed by atoms with E-state index in [9.17, 15) is 13.2 Å². The summed E-state index contributed by atoms with van der Waals surface area (Å²) in [7, 11) is -3.67. The maximum absolute atomic E-state index is 12.9. The molecule has 1 amide bonds. The van der Waals surface area contributed by atoms with Gasteiger partial charge in [0.1, 0.15) is 5.01 Å². The van der Waals surface area contributed by atoms with Crippen molar-refractivity contribution in [2.24, 2.45) is 0 Å². The van der Waals surface area contributed by atoms with E-state index in [4.69, 9.17) is 11.6 Å². The van der Waals surface area contributed by atoms with E-state index in [-0.39, 0.29) is 15.5 Å². The Kier molecular flexibility index (Phi) is 6.38. The van der Waals surface area contributed by atoms with E-state index in [0.29, 0.717) is 23.2 Å². The molecule has 2 heterocycles. The average molecular weight is 477 g/mol. The van der Waals surface area contributed by atoms with Crippen molar-refractivity contribution in [3.05, 3.63) is 58.6 Å². The maximum Gasteiger partial charge on any atom is 0.259 e. The van der Waals surface area contributed by atoms with Gasteiger partial charge in [-0.3, -0.25) is 10.1 Å². The van der Waals surface area contributed by atoms with Crippen LogP contribution < -0.4 is 5.32 Å². The predicted octanol–water partition coefficient (Wildman–Crippen LogP) is 4.59. The van der Waals surface area contributed by atoms with Gasteiger partial charge in [-0.05, 0) is 38.0 Å². The lowest BCUT2D eigenvalue weighted by molar-refractivity contribution is 0.102. The number of halogens is 1. The third-order valence-electron chi connectivity index (χ3n) is 5.08. The van der Waals surface area contributed by atoms with Crippen LogP contribution in [0.5, 0.6) is 0 Å². The van der Waals surface area contributed by atoms with Gasteiger partial charge < -0.3 is 0 Å². The Morgan fingerprint density at radius 2 is 1.77 bits per heavy atom. The van der Waals surface area contributed by atoms with Crippen molar-refractivity contribution < 1.29 is 13.2 Å². The quantitative estimate of drug-likeness (QED) is 0.581. The van der Waals surface area contributed by atoms with Crippen LogP contribution in [-0.2, 0) is 10.0 Å². The van der Waals surface area contributed by atoms with Crippen LogP contribution >= 0.6 is 22.9 Å². The molecule has 1 N–H and O–H groups in total. The molecule has 1 aliphatic heterocycles. The molecule has 1 saturated heterocycles. The molecule has 4 rings (SSSR count). The molecule has 0 atom stereocenters. The van der Waals surface area contributed by atoms with Crippen molar-refractivity contribution in [3.63, 3.8) is 0 Å². The zero-order valence-corrected chi connectivity index (χ0v) is 19.2. The highest BCUT2D eigenvalue weighted by Crippen LogP contribution is 2.29. The number of aromatic nitrogens is 2. The molecule has 1 aromatic heterocycles. The van der Waals surface area contributed by atoms with Gasteiger partial charge in [0, 0.05) is 18.7 Å². The number of nitrogens with zero attached hydrogens (tertiary/aromatic N) is 3. The molecule has 10 heteroatoms. The van der Waals surface area contributed by atoms with Gasteiger partial charge >= 0.3 is 0 Å². The van der Waals surface area contributed by atoms with Crippen LogP contribution in [0, 0.1) is 6.92 Å². The number of anilines is 1. The lowest BCUT2D eigenvalue weighted by Gasteiger charge is -2.26. The molecular weight excluding hydrogens is 456 g/mol. The fourth-order valence-electron chi connectivity index (χ4n) is 3.34. The monoisotopic (exact) mass is 476 g/mol. The van der Waals surface area contributed by atoms with Gasteiger partial charge in [0.15, 0.2) is 0 Å². The smallest absolute Gasteiger partial charge is 0.259 e. The number of carbonyl (C=O) groups is 1. The number of benzene rings is 2. The zero-order valence-electron chi connectivity index (χ0n) is 16.8. The van der Waals surface area contributed by atoms with Crippen LogP contribution in [-0.4, -0.2) is 41.9 Å². The lowest BCUT2D eigenvalue weighted by atomic mass is 10.2. The van der Waals surface area contributed by atoms with Crippen LogP contribution in [0.4, 0.5) is 5.13 Å². The number of rotatable bonds is 5. The van der Waals surface area contributed by atoms with Crippen molar-refractivity contribution in [1.82, 2.24) is 14.5 Å². The average Bonchev–Trinajstić information content (AvgIpc) is 3.23. The number of piperidine rings is 1. The van der Waals surface area contributed by atoms with Crippen molar-refractivity contribution in [2.75, 3.05) is 18.4 Å². The minimum atomic E-state index is -3.67. The van der Waals surface area contributed by atoms with E-state index in [0.717, 1.165) is 30.4 Å². The molecule has 1 aliphatic rings. The van der Waals surface area contributed by atoms with Crippen LogP contribution in [0.25, 0.3) is 10.6 Å². The Morgan fingerprint density at radius 1 is 1.06 bits per heavy atom. The summed E-state index contributed by atoms with van der Waals surface area (Å²) in [6, 6.07) is 12.0. The Morgan fingerprint density at radius 3 is 2.48 bits per heavy atom. The number of sulfonamides is 1. The summed E-state index contributed by atoms with van der Waals surface area (Å²) in [4.78, 5) is 12.9. The standard InChI is InChI=1S/C21H21ClN4O3S2/c1-14-5-7-15(8-6-14)20-24-25-21(30-20)23-19(27)17-13-16(9-10-18(17)22)31(28,29)26-11-3-2-4-12-26/h5-10,13H,2-4,11-12H2,1H3,(H,23,25,27). The van der Waals surface area contributed by atoms with Gasteiger partial charge in [0.25, 0.3) is 5.91 Å². The van der Waals surface area contributed by atoms with Crippen LogP contribution in [0.2, 0.25) is 5.02 Å². The summed E-state index contributed by atoms with van der Waals surface area (Å²) < 4.78 is 27.4. The molecule has 0 radical (unpaired) electrons. The highest BCUT2D eigenvalue weighted by Gasteiger charge is 2.27. The van der Waals surface area contributed by atoms with Gasteiger partial charge in [-0.15, -0.1) is 10.2 Å². The number of hydrogen-bond donors (Lipinski definition) is 1. The van der Waals surface area contributed by atoms with Gasteiger partial charge in [-0.25, -0.2) is 8.42 Å². The van der Waals surface area contributed by atoms with E-state index in [2.05, 4.69) is 15.5 Å². The summed E-state index contributed by atoms with van der Waals surface area (Å²) in [6.45, 7) is 2.97. The minimum Gasteiger partial charge on any atom is -0.296 e. The van der Waals surface area contributed by atoms with Crippen molar-refractivity contribution >= 4 is 44.0 Å². The molecule has 31 heavy (non-hydrogen) atoms. The number of hydrogen-bond acceptors (Lipinski definition) is 6. The molecule has 2 aromatic carbocycles. The molecule has 0 bridgehead atoms. The Balaban J connectivity index is 1.55. The highest BCUT2D eigenvalue weighted by atomic mass is 35.5. The Hall–Kier alpha value is -2.33. The third kappa shape index (κ3) is 4.79. The van der Waals surface area contributed by atoms with E-state index in [1.165, 1.54) is 33.8 Å². The minimum absolute atomic E-state index is 0.0570. The second-order valence-corrected chi connectivity index (χ2v) is 10.7. The molecule has 0 aliphatic carbocycles. The molecule has 7 nitrogen and oxygen atoms in total. The van der Waals surface area contributed by atoms with Crippen molar-refractivity contribution in [2.45, 2.75) is 31.1 Å². The summed E-state index contributed by atoms with van der Waals surface area (Å²) in [5, 5.41) is 12.0. The second kappa shape index (κ2) is 9.04. The first-order valence-electron chi connectivity index (χ1n) is 9.86. The van der Waals surface area contributed by atoms with Crippen LogP contribution in [0.1, 0.15) is 35.2 Å². The molecule has 162 valence electrons. The third-order valence-corrected chi connectivity index (χ3v) is 8.19. The van der Waals surface area contributed by atoms with E-state index in [1.807, 2.05) is 31.2 Å². The first-order valence-corrected chi connectivity index (χ1v) is 12.5. The second-order valence-electron chi connectivity index (χ2n) is 7.34. The number of amides is 1. The molecule has 0 unspecified atom stereocenters. The SMILES string of the molecule is Cc1ccc(-c2nnc(NC(=O)c3cc(S(=O)(=O)N4CCCCC4)ccc3Cl)s2)cc1. The molecular formula is C21H21ClN4O3S2. The Bertz CT molecular complexity index is 1200. The zero-order chi connectivity index (χ0) is 22.0. The number of carbonyl (C=O) groups excluding carboxylic acids is 1. The summed E-state index contributed by atoms with van der Waals surface area (Å²) in [6.07, 6.45) is 2.69. The topological polar surface area (TPSA) is 92.3 Å². The normalized spacial score (nSPS) is 15.0. The van der Waals surface area contributed by atoms with Gasteiger partial charge in [-0.1, -0.05) is 59.2 Å². The highest BCUT2D eigenvalue weighted by molar-refractivity contribution is 7.89. The van der Waals surface area contributed by atoms with Gasteiger partial charge in [-0.2, -0.15) is 4.31 Å². The first kappa shape index (κ1) is 21.9. The fourth-order valence-corrected chi connectivity index (χ4v) is 5.84. The Labute approximate surface area is 190 Å². The molecule has 0 saturated carbocycles. The molecule has 3 aromatic rings. The van der Waals surface area contributed by atoms with Crippen molar-refractivity contribution in [1.29, 1.82) is 0 Å². The van der Waals surface area contributed by atoms with Gasteiger partial charge in [0.2, 0.25) is 15.2 Å². The lowest BCUT2D eigenvalue weighted by Crippen LogP contribution is -2.35. The fraction of sp³-hybridized carbons (Fsp3) is 0.286. The maximum atomic E-state index is 12.9. The molecule has 1 fully saturated rings. The predicted molar refractivity (Wildman–Crippen MR) is 122 cm³/mol.